The summed E-state index contributed by atoms with van der Waals surface area (Å²) in [5.74, 6) is 2.41. The molecule has 2 heterocycles. The van der Waals surface area contributed by atoms with E-state index < -0.39 is 5.60 Å². The Kier molecular flexibility index (Phi) is 5.76. The first-order chi connectivity index (χ1) is 10.1. The first kappa shape index (κ1) is 16.0. The van der Waals surface area contributed by atoms with Gasteiger partial charge in [0.05, 0.1) is 5.60 Å². The van der Waals surface area contributed by atoms with Crippen molar-refractivity contribution < 1.29 is 9.84 Å². The van der Waals surface area contributed by atoms with Crippen LogP contribution in [-0.4, -0.2) is 47.0 Å². The highest BCUT2D eigenvalue weighted by Gasteiger charge is 2.29. The lowest BCUT2D eigenvalue weighted by Crippen LogP contribution is -2.42. The van der Waals surface area contributed by atoms with Crippen molar-refractivity contribution in [1.82, 2.24) is 9.97 Å². The summed E-state index contributed by atoms with van der Waals surface area (Å²) in [5, 5.41) is 17.0. The van der Waals surface area contributed by atoms with Crippen LogP contribution in [0.1, 0.15) is 38.9 Å². The third-order valence-corrected chi connectivity index (χ3v) is 3.67. The van der Waals surface area contributed by atoms with Gasteiger partial charge in [-0.1, -0.05) is 13.8 Å². The molecule has 2 rings (SSSR count). The van der Waals surface area contributed by atoms with Crippen LogP contribution in [0.2, 0.25) is 0 Å². The third-order valence-electron chi connectivity index (χ3n) is 3.67. The van der Waals surface area contributed by atoms with Gasteiger partial charge >= 0.3 is 0 Å². The molecule has 1 aromatic heterocycles. The Morgan fingerprint density at radius 2 is 1.86 bits per heavy atom. The van der Waals surface area contributed by atoms with Gasteiger partial charge in [-0.2, -0.15) is 0 Å². The Morgan fingerprint density at radius 3 is 2.48 bits per heavy atom. The average molecular weight is 294 g/mol. The summed E-state index contributed by atoms with van der Waals surface area (Å²) in [6, 6.07) is 1.90. The number of hydrogen-bond donors (Lipinski definition) is 3. The van der Waals surface area contributed by atoms with Gasteiger partial charge in [0, 0.05) is 51.6 Å². The molecule has 0 spiro atoms. The molecular weight excluding hydrogens is 268 g/mol. The summed E-state index contributed by atoms with van der Waals surface area (Å²) in [6.07, 6.45) is 3.15. The first-order valence-corrected chi connectivity index (χ1v) is 7.81. The smallest absolute Gasteiger partial charge is 0.132 e. The van der Waals surface area contributed by atoms with Crippen LogP contribution in [0.4, 0.5) is 11.6 Å². The highest BCUT2D eigenvalue weighted by atomic mass is 16.5. The zero-order chi connectivity index (χ0) is 15.1. The molecule has 6 nitrogen and oxygen atoms in total. The van der Waals surface area contributed by atoms with Gasteiger partial charge in [0.2, 0.25) is 0 Å². The molecule has 6 heteroatoms. The zero-order valence-electron chi connectivity index (χ0n) is 13.0. The van der Waals surface area contributed by atoms with Crippen LogP contribution in [0.25, 0.3) is 0 Å². The van der Waals surface area contributed by atoms with Crippen molar-refractivity contribution in [3.63, 3.8) is 0 Å². The molecule has 1 aliphatic heterocycles. The monoisotopic (exact) mass is 294 g/mol. The lowest BCUT2D eigenvalue weighted by atomic mass is 9.94. The maximum atomic E-state index is 10.5. The SMILES string of the molecule is CCCNc1cc(NCC2(O)CCOCC2)nc(CC)n1. The first-order valence-electron chi connectivity index (χ1n) is 7.81. The van der Waals surface area contributed by atoms with Crippen LogP contribution >= 0.6 is 0 Å². The molecule has 1 saturated heterocycles. The summed E-state index contributed by atoms with van der Waals surface area (Å²) in [7, 11) is 0. The van der Waals surface area contributed by atoms with Gasteiger partial charge in [0.1, 0.15) is 17.5 Å². The quantitative estimate of drug-likeness (QED) is 0.712. The van der Waals surface area contributed by atoms with Crippen molar-refractivity contribution in [2.45, 2.75) is 45.1 Å². The predicted molar refractivity (Wildman–Crippen MR) is 83.7 cm³/mol. The van der Waals surface area contributed by atoms with Gasteiger partial charge in [-0.15, -0.1) is 0 Å². The van der Waals surface area contributed by atoms with Crippen molar-refractivity contribution in [3.05, 3.63) is 11.9 Å². The van der Waals surface area contributed by atoms with Crippen LogP contribution < -0.4 is 10.6 Å². The van der Waals surface area contributed by atoms with Crippen LogP contribution in [0.3, 0.4) is 0 Å². The lowest BCUT2D eigenvalue weighted by molar-refractivity contribution is -0.0543. The molecule has 1 aromatic rings. The van der Waals surface area contributed by atoms with E-state index in [0.29, 0.717) is 32.6 Å². The number of hydrogen-bond acceptors (Lipinski definition) is 6. The van der Waals surface area contributed by atoms with Crippen molar-refractivity contribution in [3.8, 4) is 0 Å². The van der Waals surface area contributed by atoms with Crippen molar-refractivity contribution >= 4 is 11.6 Å². The molecule has 0 amide bonds. The summed E-state index contributed by atoms with van der Waals surface area (Å²) in [6.45, 7) is 6.77. The van der Waals surface area contributed by atoms with E-state index in [1.54, 1.807) is 0 Å². The molecule has 0 saturated carbocycles. The maximum absolute atomic E-state index is 10.5. The fraction of sp³-hybridized carbons (Fsp3) is 0.733. The van der Waals surface area contributed by atoms with E-state index in [0.717, 1.165) is 36.8 Å². The summed E-state index contributed by atoms with van der Waals surface area (Å²) in [4.78, 5) is 8.93. The molecule has 0 unspecified atom stereocenters. The molecule has 0 radical (unpaired) electrons. The lowest BCUT2D eigenvalue weighted by Gasteiger charge is -2.32. The van der Waals surface area contributed by atoms with Crippen molar-refractivity contribution in [1.29, 1.82) is 0 Å². The molecule has 0 atom stereocenters. The van der Waals surface area contributed by atoms with E-state index in [9.17, 15) is 5.11 Å². The molecule has 1 fully saturated rings. The Morgan fingerprint density at radius 1 is 1.19 bits per heavy atom. The molecule has 0 bridgehead atoms. The number of aliphatic hydroxyl groups is 1. The van der Waals surface area contributed by atoms with Gasteiger partial charge in [-0.05, 0) is 6.42 Å². The Balaban J connectivity index is 2.00. The fourth-order valence-corrected chi connectivity index (χ4v) is 2.27. The minimum atomic E-state index is -0.702. The Bertz CT molecular complexity index is 447. The normalized spacial score (nSPS) is 17.5. The number of anilines is 2. The molecular formula is C15H26N4O2. The van der Waals surface area contributed by atoms with Crippen molar-refractivity contribution in [2.24, 2.45) is 0 Å². The van der Waals surface area contributed by atoms with E-state index in [1.165, 1.54) is 0 Å². The van der Waals surface area contributed by atoms with E-state index in [-0.39, 0.29) is 0 Å². The highest BCUT2D eigenvalue weighted by Crippen LogP contribution is 2.21. The molecule has 118 valence electrons. The largest absolute Gasteiger partial charge is 0.388 e. The minimum Gasteiger partial charge on any atom is -0.388 e. The third kappa shape index (κ3) is 4.82. The topological polar surface area (TPSA) is 79.3 Å². The van der Waals surface area contributed by atoms with Gasteiger partial charge in [-0.25, -0.2) is 9.97 Å². The number of aryl methyl sites for hydroxylation is 1. The van der Waals surface area contributed by atoms with Crippen LogP contribution in [0.5, 0.6) is 0 Å². The van der Waals surface area contributed by atoms with Gasteiger partial charge in [0.25, 0.3) is 0 Å². The Hall–Kier alpha value is -1.40. The number of nitrogens with one attached hydrogen (secondary N) is 2. The molecule has 0 aliphatic carbocycles. The van der Waals surface area contributed by atoms with Crippen LogP contribution in [-0.2, 0) is 11.2 Å². The number of aromatic nitrogens is 2. The molecule has 1 aliphatic rings. The number of nitrogens with zero attached hydrogens (tertiary/aromatic N) is 2. The predicted octanol–water partition coefficient (Wildman–Crippen LogP) is 1.81. The Labute approximate surface area is 126 Å². The highest BCUT2D eigenvalue weighted by molar-refractivity contribution is 5.47. The second-order valence-electron chi connectivity index (χ2n) is 5.53. The molecule has 21 heavy (non-hydrogen) atoms. The molecule has 0 aromatic carbocycles. The van der Waals surface area contributed by atoms with Crippen LogP contribution in [0, 0.1) is 0 Å². The minimum absolute atomic E-state index is 0.490. The van der Waals surface area contributed by atoms with E-state index >= 15 is 0 Å². The van der Waals surface area contributed by atoms with Gasteiger partial charge < -0.3 is 20.5 Å². The average Bonchev–Trinajstić information content (AvgIpc) is 2.51. The number of rotatable bonds is 7. The standard InChI is InChI=1S/C15H26N4O2/c1-3-7-16-13-10-14(19-12(4-2)18-13)17-11-15(20)5-8-21-9-6-15/h10,20H,3-9,11H2,1-2H3,(H2,16,17,18,19). The second kappa shape index (κ2) is 7.56. The fourth-order valence-electron chi connectivity index (χ4n) is 2.27. The van der Waals surface area contributed by atoms with E-state index in [2.05, 4.69) is 27.5 Å². The summed E-state index contributed by atoms with van der Waals surface area (Å²) in [5.41, 5.74) is -0.702. The van der Waals surface area contributed by atoms with Gasteiger partial charge in [0.15, 0.2) is 0 Å². The summed E-state index contributed by atoms with van der Waals surface area (Å²) >= 11 is 0. The van der Waals surface area contributed by atoms with Crippen LogP contribution in [0.15, 0.2) is 6.07 Å². The van der Waals surface area contributed by atoms with Crippen molar-refractivity contribution in [2.75, 3.05) is 36.9 Å². The van der Waals surface area contributed by atoms with E-state index in [4.69, 9.17) is 4.74 Å². The van der Waals surface area contributed by atoms with Gasteiger partial charge in [-0.3, -0.25) is 0 Å². The second-order valence-corrected chi connectivity index (χ2v) is 5.53. The number of ether oxygens (including phenoxy) is 1. The molecule has 3 N–H and O–H groups in total. The van der Waals surface area contributed by atoms with E-state index in [1.807, 2.05) is 13.0 Å². The zero-order valence-corrected chi connectivity index (χ0v) is 13.0. The summed E-state index contributed by atoms with van der Waals surface area (Å²) < 4.78 is 5.29. The maximum Gasteiger partial charge on any atom is 0.132 e.